The summed E-state index contributed by atoms with van der Waals surface area (Å²) < 4.78 is 11.0. The van der Waals surface area contributed by atoms with Crippen LogP contribution in [0.3, 0.4) is 0 Å². The number of carbonyl (C=O) groups is 2. The number of para-hydroxylation sites is 1. The van der Waals surface area contributed by atoms with Crippen molar-refractivity contribution in [2.45, 2.75) is 22.6 Å². The van der Waals surface area contributed by atoms with Gasteiger partial charge in [0.1, 0.15) is 19.0 Å². The fourth-order valence-electron chi connectivity index (χ4n) is 3.30. The van der Waals surface area contributed by atoms with Crippen molar-refractivity contribution in [1.82, 2.24) is 0 Å². The fraction of sp³-hybridized carbons (Fsp3) is 0.250. The zero-order valence-electron chi connectivity index (χ0n) is 14.4. The second-order valence-corrected chi connectivity index (χ2v) is 7.52. The molecule has 1 fully saturated rings. The molecule has 6 nitrogen and oxygen atoms in total. The maximum absolute atomic E-state index is 12.8. The molecule has 0 aliphatic carbocycles. The number of anilines is 1. The molecule has 1 atom stereocenters. The van der Waals surface area contributed by atoms with E-state index in [0.29, 0.717) is 24.2 Å². The summed E-state index contributed by atoms with van der Waals surface area (Å²) in [7, 11) is 0. The Morgan fingerprint density at radius 2 is 1.96 bits per heavy atom. The summed E-state index contributed by atoms with van der Waals surface area (Å²) in [5.74, 6) is 0.125. The Labute approximate surface area is 160 Å². The number of hydrogen-bond donors (Lipinski definition) is 0. The van der Waals surface area contributed by atoms with Gasteiger partial charge in [0.2, 0.25) is 5.91 Å². The average molecular weight is 380 g/mol. The largest absolute Gasteiger partial charge is 0.490 e. The van der Waals surface area contributed by atoms with Crippen LogP contribution in [0.2, 0.25) is 0 Å². The van der Waals surface area contributed by atoms with Crippen molar-refractivity contribution in [3.8, 4) is 11.8 Å². The van der Waals surface area contributed by atoms with Gasteiger partial charge in [-0.25, -0.2) is 4.79 Å². The lowest BCUT2D eigenvalue weighted by Crippen LogP contribution is -2.48. The van der Waals surface area contributed by atoms with Crippen molar-refractivity contribution in [2.75, 3.05) is 18.1 Å². The molecule has 0 bridgehead atoms. The number of fused-ring (bicyclic) bond motifs is 3. The number of thioether (sulfide) groups is 1. The number of esters is 1. The summed E-state index contributed by atoms with van der Waals surface area (Å²) in [6.45, 7) is 0.277. The maximum Gasteiger partial charge on any atom is 0.343 e. The SMILES string of the molecule is N#Cc1ccc(OCCOC(=O)C23CCC(=O)N2c2ccccc2S3)cc1. The standard InChI is InChI=1S/C20H16N2O4S/c21-13-14-5-7-15(8-6-14)25-11-12-26-19(24)20-10-9-18(23)22(20)16-3-1-2-4-17(16)27-20/h1-8H,9-12H2. The lowest BCUT2D eigenvalue weighted by atomic mass is 10.2. The molecule has 2 aliphatic heterocycles. The van der Waals surface area contributed by atoms with Gasteiger partial charge in [0.15, 0.2) is 4.87 Å². The molecule has 0 radical (unpaired) electrons. The Morgan fingerprint density at radius 1 is 1.19 bits per heavy atom. The Hall–Kier alpha value is -2.98. The number of amides is 1. The second kappa shape index (κ2) is 6.97. The van der Waals surface area contributed by atoms with Gasteiger partial charge >= 0.3 is 5.97 Å². The zero-order valence-corrected chi connectivity index (χ0v) is 15.2. The third kappa shape index (κ3) is 3.02. The molecule has 0 spiro atoms. The molecular weight excluding hydrogens is 364 g/mol. The molecule has 4 rings (SSSR count). The van der Waals surface area contributed by atoms with E-state index in [1.807, 2.05) is 30.3 Å². The van der Waals surface area contributed by atoms with Gasteiger partial charge in [0.05, 0.1) is 17.3 Å². The molecular formula is C20H16N2O4S. The highest BCUT2D eigenvalue weighted by atomic mass is 32.2. The molecule has 1 saturated heterocycles. The summed E-state index contributed by atoms with van der Waals surface area (Å²) in [4.78, 5) is 26.7. The minimum Gasteiger partial charge on any atom is -0.490 e. The van der Waals surface area contributed by atoms with E-state index in [0.717, 1.165) is 10.6 Å². The van der Waals surface area contributed by atoms with Crippen LogP contribution in [0.1, 0.15) is 18.4 Å². The lowest BCUT2D eigenvalue weighted by molar-refractivity contribution is -0.147. The Morgan fingerprint density at radius 3 is 2.74 bits per heavy atom. The number of rotatable bonds is 5. The van der Waals surface area contributed by atoms with Crippen LogP contribution in [0.25, 0.3) is 0 Å². The maximum atomic E-state index is 12.8. The quantitative estimate of drug-likeness (QED) is 0.586. The molecule has 2 aromatic rings. The first kappa shape index (κ1) is 17.4. The van der Waals surface area contributed by atoms with Crippen LogP contribution in [0.4, 0.5) is 5.69 Å². The predicted molar refractivity (Wildman–Crippen MR) is 99.4 cm³/mol. The van der Waals surface area contributed by atoms with Gasteiger partial charge in [0.25, 0.3) is 0 Å². The van der Waals surface area contributed by atoms with Crippen LogP contribution in [0.15, 0.2) is 53.4 Å². The van der Waals surface area contributed by atoms with Gasteiger partial charge in [-0.1, -0.05) is 23.9 Å². The minimum absolute atomic E-state index is 0.0572. The van der Waals surface area contributed by atoms with Crippen LogP contribution < -0.4 is 9.64 Å². The molecule has 0 N–H and O–H groups in total. The zero-order chi connectivity index (χ0) is 18.9. The van der Waals surface area contributed by atoms with Crippen LogP contribution in [0, 0.1) is 11.3 Å². The Kier molecular flexibility index (Phi) is 4.50. The van der Waals surface area contributed by atoms with E-state index in [1.54, 1.807) is 29.2 Å². The predicted octanol–water partition coefficient (Wildman–Crippen LogP) is 3.11. The number of ether oxygens (including phenoxy) is 2. The summed E-state index contributed by atoms with van der Waals surface area (Å²) in [6, 6.07) is 16.3. The van der Waals surface area contributed by atoms with E-state index in [-0.39, 0.29) is 19.1 Å². The number of hydrogen-bond acceptors (Lipinski definition) is 6. The number of nitriles is 1. The summed E-state index contributed by atoms with van der Waals surface area (Å²) in [5.41, 5.74) is 1.33. The summed E-state index contributed by atoms with van der Waals surface area (Å²) in [6.07, 6.45) is 0.763. The van der Waals surface area contributed by atoms with Crippen LogP contribution in [-0.4, -0.2) is 30.0 Å². The first-order valence-corrected chi connectivity index (χ1v) is 9.37. The number of carbonyl (C=O) groups excluding carboxylic acids is 2. The van der Waals surface area contributed by atoms with E-state index >= 15 is 0 Å². The van der Waals surface area contributed by atoms with Crippen molar-refractivity contribution >= 4 is 29.3 Å². The van der Waals surface area contributed by atoms with E-state index in [4.69, 9.17) is 14.7 Å². The Bertz CT molecular complexity index is 938. The summed E-state index contributed by atoms with van der Waals surface area (Å²) in [5, 5.41) is 8.79. The number of nitrogens with zero attached hydrogens (tertiary/aromatic N) is 2. The highest BCUT2D eigenvalue weighted by molar-refractivity contribution is 8.02. The molecule has 0 aromatic heterocycles. The summed E-state index contributed by atoms with van der Waals surface area (Å²) >= 11 is 1.38. The third-order valence-corrected chi connectivity index (χ3v) is 6.02. The van der Waals surface area contributed by atoms with Crippen molar-refractivity contribution in [3.63, 3.8) is 0 Å². The van der Waals surface area contributed by atoms with Crippen molar-refractivity contribution in [1.29, 1.82) is 5.26 Å². The monoisotopic (exact) mass is 380 g/mol. The van der Waals surface area contributed by atoms with Gasteiger partial charge in [-0.3, -0.25) is 9.69 Å². The van der Waals surface area contributed by atoms with E-state index in [9.17, 15) is 9.59 Å². The van der Waals surface area contributed by atoms with Gasteiger partial charge in [-0.15, -0.1) is 0 Å². The van der Waals surface area contributed by atoms with Gasteiger partial charge in [-0.05, 0) is 36.4 Å². The normalized spacial score (nSPS) is 20.0. The van der Waals surface area contributed by atoms with Gasteiger partial charge in [-0.2, -0.15) is 5.26 Å². The Balaban J connectivity index is 1.38. The van der Waals surface area contributed by atoms with Crippen LogP contribution in [-0.2, 0) is 14.3 Å². The van der Waals surface area contributed by atoms with Crippen molar-refractivity contribution < 1.29 is 19.1 Å². The van der Waals surface area contributed by atoms with Crippen LogP contribution in [0.5, 0.6) is 5.75 Å². The van der Waals surface area contributed by atoms with Crippen molar-refractivity contribution in [2.24, 2.45) is 0 Å². The van der Waals surface area contributed by atoms with Crippen LogP contribution >= 0.6 is 11.8 Å². The van der Waals surface area contributed by atoms with E-state index in [2.05, 4.69) is 0 Å². The lowest BCUT2D eigenvalue weighted by Gasteiger charge is -2.28. The molecule has 7 heteroatoms. The smallest absolute Gasteiger partial charge is 0.343 e. The molecule has 136 valence electrons. The number of benzene rings is 2. The molecule has 2 aromatic carbocycles. The van der Waals surface area contributed by atoms with Crippen molar-refractivity contribution in [3.05, 3.63) is 54.1 Å². The molecule has 1 unspecified atom stereocenters. The molecule has 0 saturated carbocycles. The second-order valence-electron chi connectivity index (χ2n) is 6.20. The minimum atomic E-state index is -1.00. The van der Waals surface area contributed by atoms with E-state index < -0.39 is 10.8 Å². The first-order chi connectivity index (χ1) is 13.1. The third-order valence-electron chi connectivity index (χ3n) is 4.56. The van der Waals surface area contributed by atoms with Gasteiger partial charge in [0, 0.05) is 17.7 Å². The first-order valence-electron chi connectivity index (χ1n) is 8.55. The van der Waals surface area contributed by atoms with Gasteiger partial charge < -0.3 is 9.47 Å². The fourth-order valence-corrected chi connectivity index (χ4v) is 4.72. The topological polar surface area (TPSA) is 79.6 Å². The highest BCUT2D eigenvalue weighted by Crippen LogP contribution is 2.56. The van der Waals surface area contributed by atoms with E-state index in [1.165, 1.54) is 11.8 Å². The molecule has 2 aliphatic rings. The molecule has 2 heterocycles. The molecule has 27 heavy (non-hydrogen) atoms. The molecule has 1 amide bonds. The highest BCUT2D eigenvalue weighted by Gasteiger charge is 2.58. The average Bonchev–Trinajstić information content (AvgIpc) is 3.21.